The molecule has 0 spiro atoms. The predicted molar refractivity (Wildman–Crippen MR) is 98.5 cm³/mol. The second kappa shape index (κ2) is 8.44. The number of phenolic OH excluding ortho intramolecular Hbond substituents is 1. The topological polar surface area (TPSA) is 87.6 Å². The van der Waals surface area contributed by atoms with Crippen LogP contribution < -0.4 is 5.32 Å². The van der Waals surface area contributed by atoms with Gasteiger partial charge in [-0.2, -0.15) is 0 Å². The lowest BCUT2D eigenvalue weighted by atomic mass is 10.2. The molecule has 0 aliphatic carbocycles. The number of anilines is 1. The molecule has 2 N–H and O–H groups in total. The third-order valence-electron chi connectivity index (χ3n) is 4.27. The maximum atomic E-state index is 11.1. The molecule has 7 heteroatoms. The fourth-order valence-corrected chi connectivity index (χ4v) is 2.91. The average molecular weight is 354 g/mol. The van der Waals surface area contributed by atoms with E-state index in [1.54, 1.807) is 24.5 Å². The molecule has 1 fully saturated rings. The summed E-state index contributed by atoms with van der Waals surface area (Å²) in [5, 5.41) is 13.3. The lowest BCUT2D eigenvalue weighted by molar-refractivity contribution is -0.134. The van der Waals surface area contributed by atoms with E-state index in [4.69, 9.17) is 0 Å². The number of carbonyl (C=O) groups excluding carboxylic acids is 1. The van der Waals surface area contributed by atoms with Gasteiger partial charge in [-0.15, -0.1) is 0 Å². The monoisotopic (exact) mass is 354 g/mol. The number of rotatable bonds is 6. The summed E-state index contributed by atoms with van der Waals surface area (Å²) in [6.07, 6.45) is 7.13. The molecule has 26 heavy (non-hydrogen) atoms. The first-order valence-electron chi connectivity index (χ1n) is 8.48. The van der Waals surface area contributed by atoms with Crippen molar-refractivity contribution in [3.05, 3.63) is 54.0 Å². The Morgan fingerprint density at radius 2 is 2.23 bits per heavy atom. The van der Waals surface area contributed by atoms with Crippen molar-refractivity contribution in [3.63, 3.8) is 0 Å². The molecule has 2 heterocycles. The highest BCUT2D eigenvalue weighted by atomic mass is 16.5. The molecule has 3 rings (SSSR count). The molecule has 1 saturated heterocycles. The van der Waals surface area contributed by atoms with Gasteiger partial charge in [0.25, 0.3) is 0 Å². The van der Waals surface area contributed by atoms with Gasteiger partial charge >= 0.3 is 5.97 Å². The normalized spacial score (nSPS) is 17.5. The van der Waals surface area contributed by atoms with Gasteiger partial charge < -0.3 is 15.2 Å². The minimum Gasteiger partial charge on any atom is -0.508 e. The maximum absolute atomic E-state index is 11.1. The van der Waals surface area contributed by atoms with Crippen molar-refractivity contribution in [2.75, 3.05) is 25.5 Å². The molecule has 1 aromatic heterocycles. The quantitative estimate of drug-likeness (QED) is 0.606. The molecule has 1 aliphatic rings. The van der Waals surface area contributed by atoms with Crippen molar-refractivity contribution in [2.45, 2.75) is 19.0 Å². The first-order valence-corrected chi connectivity index (χ1v) is 8.48. The Balaban J connectivity index is 1.51. The van der Waals surface area contributed by atoms with Crippen molar-refractivity contribution in [1.82, 2.24) is 14.9 Å². The number of aromatic nitrogens is 2. The lowest BCUT2D eigenvalue weighted by Crippen LogP contribution is -2.26. The SMILES string of the molecule is COC(=O)C=Cc1cnc(N[C@@H]2CCN(Cc3ccccc3O)C2)cn1. The van der Waals surface area contributed by atoms with Gasteiger partial charge in [-0.1, -0.05) is 18.2 Å². The number of nitrogens with zero attached hydrogens (tertiary/aromatic N) is 3. The number of para-hydroxylation sites is 1. The third kappa shape index (κ3) is 4.80. The van der Waals surface area contributed by atoms with Crippen LogP contribution in [0.4, 0.5) is 5.82 Å². The molecule has 0 radical (unpaired) electrons. The Morgan fingerprint density at radius 3 is 2.96 bits per heavy atom. The Labute approximate surface area is 152 Å². The van der Waals surface area contributed by atoms with Crippen LogP contribution in [0.1, 0.15) is 17.7 Å². The largest absolute Gasteiger partial charge is 0.508 e. The van der Waals surface area contributed by atoms with Gasteiger partial charge in [-0.25, -0.2) is 9.78 Å². The standard InChI is InChI=1S/C19H22N4O3/c1-26-19(25)7-6-15-10-21-18(11-20-15)22-16-8-9-23(13-16)12-14-4-2-3-5-17(14)24/h2-7,10-11,16,24H,8-9,12-13H2,1H3,(H,21,22)/t16-/m1/s1. The van der Waals surface area contributed by atoms with Crippen molar-refractivity contribution in [3.8, 4) is 5.75 Å². The summed E-state index contributed by atoms with van der Waals surface area (Å²) in [7, 11) is 1.33. The Bertz CT molecular complexity index is 777. The zero-order chi connectivity index (χ0) is 18.4. The average Bonchev–Trinajstić information content (AvgIpc) is 3.09. The highest BCUT2D eigenvalue weighted by molar-refractivity contribution is 5.86. The van der Waals surface area contributed by atoms with Gasteiger partial charge in [0.1, 0.15) is 11.6 Å². The van der Waals surface area contributed by atoms with E-state index >= 15 is 0 Å². The Kier molecular flexibility index (Phi) is 5.80. The first-order chi connectivity index (χ1) is 12.6. The molecule has 7 nitrogen and oxygen atoms in total. The van der Waals surface area contributed by atoms with Gasteiger partial charge in [0, 0.05) is 37.3 Å². The molecule has 0 saturated carbocycles. The van der Waals surface area contributed by atoms with E-state index in [0.29, 0.717) is 17.3 Å². The molecular formula is C19H22N4O3. The van der Waals surface area contributed by atoms with Crippen LogP contribution in [0.3, 0.4) is 0 Å². The summed E-state index contributed by atoms with van der Waals surface area (Å²) in [6, 6.07) is 7.71. The summed E-state index contributed by atoms with van der Waals surface area (Å²) in [6.45, 7) is 2.56. The zero-order valence-electron chi connectivity index (χ0n) is 14.6. The minimum atomic E-state index is -0.426. The number of aromatic hydroxyl groups is 1. The van der Waals surface area contributed by atoms with E-state index in [-0.39, 0.29) is 6.04 Å². The number of carbonyl (C=O) groups is 1. The molecule has 1 aromatic carbocycles. The van der Waals surface area contributed by atoms with Crippen LogP contribution in [0.15, 0.2) is 42.7 Å². The van der Waals surface area contributed by atoms with Gasteiger partial charge in [0.2, 0.25) is 0 Å². The van der Waals surface area contributed by atoms with Crippen molar-refractivity contribution in [2.24, 2.45) is 0 Å². The van der Waals surface area contributed by atoms with E-state index in [1.165, 1.54) is 13.2 Å². The van der Waals surface area contributed by atoms with Crippen LogP contribution >= 0.6 is 0 Å². The molecule has 0 bridgehead atoms. The molecule has 1 aliphatic heterocycles. The van der Waals surface area contributed by atoms with E-state index in [1.807, 2.05) is 18.2 Å². The van der Waals surface area contributed by atoms with E-state index in [0.717, 1.165) is 31.6 Å². The molecule has 0 amide bonds. The number of methoxy groups -OCH3 is 1. The maximum Gasteiger partial charge on any atom is 0.330 e. The second-order valence-corrected chi connectivity index (χ2v) is 6.18. The van der Waals surface area contributed by atoms with Gasteiger partial charge in [-0.05, 0) is 18.6 Å². The molecule has 136 valence electrons. The van der Waals surface area contributed by atoms with E-state index < -0.39 is 5.97 Å². The van der Waals surface area contributed by atoms with Crippen molar-refractivity contribution in [1.29, 1.82) is 0 Å². The summed E-state index contributed by atoms with van der Waals surface area (Å²) in [4.78, 5) is 22.0. The second-order valence-electron chi connectivity index (χ2n) is 6.18. The van der Waals surface area contributed by atoms with Crippen molar-refractivity contribution < 1.29 is 14.6 Å². The third-order valence-corrected chi connectivity index (χ3v) is 4.27. The predicted octanol–water partition coefficient (Wildman–Crippen LogP) is 2.05. The number of hydrogen-bond acceptors (Lipinski definition) is 7. The highest BCUT2D eigenvalue weighted by Gasteiger charge is 2.23. The first kappa shape index (κ1) is 17.9. The molecular weight excluding hydrogens is 332 g/mol. The Hall–Kier alpha value is -2.93. The number of esters is 1. The van der Waals surface area contributed by atoms with Gasteiger partial charge in [0.15, 0.2) is 0 Å². The molecule has 0 unspecified atom stereocenters. The number of likely N-dealkylation sites (tertiary alicyclic amines) is 1. The summed E-state index contributed by atoms with van der Waals surface area (Å²) in [5.41, 5.74) is 1.53. The van der Waals surface area contributed by atoms with Crippen LogP contribution in [-0.2, 0) is 16.1 Å². The number of ether oxygens (including phenoxy) is 1. The van der Waals surface area contributed by atoms with Crippen LogP contribution in [0, 0.1) is 0 Å². The number of benzene rings is 1. The number of hydrogen-bond donors (Lipinski definition) is 2. The fourth-order valence-electron chi connectivity index (χ4n) is 2.91. The van der Waals surface area contributed by atoms with Crippen LogP contribution in [0.5, 0.6) is 5.75 Å². The molecule has 1 atom stereocenters. The Morgan fingerprint density at radius 1 is 1.38 bits per heavy atom. The van der Waals surface area contributed by atoms with Gasteiger partial charge in [-0.3, -0.25) is 9.88 Å². The highest BCUT2D eigenvalue weighted by Crippen LogP contribution is 2.21. The summed E-state index contributed by atoms with van der Waals surface area (Å²) in [5.74, 6) is 0.615. The zero-order valence-corrected chi connectivity index (χ0v) is 14.6. The fraction of sp³-hybridized carbons (Fsp3) is 0.316. The van der Waals surface area contributed by atoms with Crippen molar-refractivity contribution >= 4 is 17.9 Å². The van der Waals surface area contributed by atoms with Crippen LogP contribution in [-0.4, -0.2) is 52.2 Å². The van der Waals surface area contributed by atoms with E-state index in [9.17, 15) is 9.90 Å². The lowest BCUT2D eigenvalue weighted by Gasteiger charge is -2.17. The summed E-state index contributed by atoms with van der Waals surface area (Å²) >= 11 is 0. The minimum absolute atomic E-state index is 0.284. The number of nitrogens with one attached hydrogen (secondary N) is 1. The smallest absolute Gasteiger partial charge is 0.330 e. The van der Waals surface area contributed by atoms with Crippen LogP contribution in [0.25, 0.3) is 6.08 Å². The number of phenols is 1. The summed E-state index contributed by atoms with van der Waals surface area (Å²) < 4.78 is 4.54. The van der Waals surface area contributed by atoms with E-state index in [2.05, 4.69) is 24.9 Å². The van der Waals surface area contributed by atoms with Gasteiger partial charge in [0.05, 0.1) is 25.2 Å². The molecule has 2 aromatic rings. The van der Waals surface area contributed by atoms with Crippen LogP contribution in [0.2, 0.25) is 0 Å².